The fourth-order valence-electron chi connectivity index (χ4n) is 4.77. The van der Waals surface area contributed by atoms with Gasteiger partial charge in [0.15, 0.2) is 12.5 Å². The number of rotatable bonds is 6. The van der Waals surface area contributed by atoms with E-state index in [4.69, 9.17) is 10.1 Å². The maximum Gasteiger partial charge on any atom is 0.209 e. The van der Waals surface area contributed by atoms with E-state index < -0.39 is 24.4 Å². The maximum atomic E-state index is 15.3. The standard InChI is InChI=1S/C28H27F3N4O.C3H4/c1-17-14-21(10-11-22(17)27(32)19-6-5-7-20(30)15-19)36-26-12-13-34(16-23(26)31)28-33-24-8-3-4-9-25(24)35(28)18(2)29;1-3-2/h3-11,14-15,18,23,26,32H,12-13,16H2,1-2H3;1H,2H3/t18?,23-,26-;/m1./s1. The van der Waals surface area contributed by atoms with Gasteiger partial charge in [-0.25, -0.2) is 18.2 Å². The quantitative estimate of drug-likeness (QED) is 0.214. The fourth-order valence-corrected chi connectivity index (χ4v) is 4.77. The second-order valence-corrected chi connectivity index (χ2v) is 9.40. The number of hydrogen-bond acceptors (Lipinski definition) is 4. The van der Waals surface area contributed by atoms with Crippen molar-refractivity contribution in [2.45, 2.75) is 45.8 Å². The van der Waals surface area contributed by atoms with Gasteiger partial charge >= 0.3 is 0 Å². The van der Waals surface area contributed by atoms with Gasteiger partial charge in [0.2, 0.25) is 5.95 Å². The SMILES string of the molecule is C#CC.Cc1cc(O[C@@H]2CCN(c3nc4ccccc4n3C(C)F)C[C@H]2F)ccc1C(=N)c1cccc(F)c1. The molecule has 0 aliphatic carbocycles. The molecule has 3 atom stereocenters. The van der Waals surface area contributed by atoms with Gasteiger partial charge < -0.3 is 9.64 Å². The van der Waals surface area contributed by atoms with Crippen molar-refractivity contribution in [2.75, 3.05) is 18.0 Å². The lowest BCUT2D eigenvalue weighted by Gasteiger charge is -2.35. The minimum Gasteiger partial charge on any atom is -0.487 e. The number of piperidine rings is 1. The molecule has 1 N–H and O–H groups in total. The monoisotopic (exact) mass is 532 g/mol. The molecule has 0 saturated carbocycles. The zero-order valence-corrected chi connectivity index (χ0v) is 22.2. The Morgan fingerprint density at radius 1 is 1.15 bits per heavy atom. The topological polar surface area (TPSA) is 54.1 Å². The fraction of sp³-hybridized carbons (Fsp3) is 0.290. The van der Waals surface area contributed by atoms with E-state index in [2.05, 4.69) is 17.3 Å². The van der Waals surface area contributed by atoms with E-state index >= 15 is 4.39 Å². The van der Waals surface area contributed by atoms with Gasteiger partial charge in [-0.15, -0.1) is 12.3 Å². The van der Waals surface area contributed by atoms with Crippen molar-refractivity contribution >= 4 is 22.7 Å². The van der Waals surface area contributed by atoms with E-state index in [9.17, 15) is 8.78 Å². The number of hydrogen-bond donors (Lipinski definition) is 1. The summed E-state index contributed by atoms with van der Waals surface area (Å²) in [5.74, 6) is 2.78. The molecule has 1 aromatic heterocycles. The molecule has 39 heavy (non-hydrogen) atoms. The second-order valence-electron chi connectivity index (χ2n) is 9.40. The Labute approximate surface area is 226 Å². The number of imidazole rings is 1. The van der Waals surface area contributed by atoms with E-state index in [-0.39, 0.29) is 12.3 Å². The molecule has 0 radical (unpaired) electrons. The summed E-state index contributed by atoms with van der Waals surface area (Å²) in [6.07, 6.45) is 1.75. The predicted molar refractivity (Wildman–Crippen MR) is 150 cm³/mol. The first-order chi connectivity index (χ1) is 18.7. The zero-order chi connectivity index (χ0) is 28.1. The number of aryl methyl sites for hydroxylation is 1. The highest BCUT2D eigenvalue weighted by Gasteiger charge is 2.33. The molecule has 202 valence electrons. The molecular formula is C31H31F3N4O. The minimum absolute atomic E-state index is 0.0436. The van der Waals surface area contributed by atoms with E-state index in [0.717, 1.165) is 5.56 Å². The van der Waals surface area contributed by atoms with Crippen LogP contribution in [0.2, 0.25) is 0 Å². The molecule has 5 rings (SSSR count). The summed E-state index contributed by atoms with van der Waals surface area (Å²) >= 11 is 0. The van der Waals surface area contributed by atoms with Crippen LogP contribution in [0.3, 0.4) is 0 Å². The molecule has 3 aromatic carbocycles. The Bertz CT molecular complexity index is 1510. The minimum atomic E-state index is -1.30. The summed E-state index contributed by atoms with van der Waals surface area (Å²) in [5.41, 5.74) is 3.47. The number of terminal acetylenes is 1. The van der Waals surface area contributed by atoms with Crippen LogP contribution in [-0.2, 0) is 0 Å². The number of fused-ring (bicyclic) bond motifs is 1. The number of ether oxygens (including phenoxy) is 1. The molecule has 1 saturated heterocycles. The molecule has 0 bridgehead atoms. The number of aromatic nitrogens is 2. The number of anilines is 1. The van der Waals surface area contributed by atoms with Crippen molar-refractivity contribution < 1.29 is 17.9 Å². The van der Waals surface area contributed by atoms with Crippen LogP contribution in [0.1, 0.15) is 43.3 Å². The summed E-state index contributed by atoms with van der Waals surface area (Å²) in [6.45, 7) is 5.46. The Hall–Kier alpha value is -4.25. The molecular weight excluding hydrogens is 501 g/mol. The molecule has 1 unspecified atom stereocenters. The van der Waals surface area contributed by atoms with Gasteiger partial charge in [0.05, 0.1) is 23.3 Å². The molecule has 1 aliphatic heterocycles. The van der Waals surface area contributed by atoms with Gasteiger partial charge in [-0.2, -0.15) is 0 Å². The second kappa shape index (κ2) is 12.1. The lowest BCUT2D eigenvalue weighted by atomic mass is 9.98. The lowest BCUT2D eigenvalue weighted by Crippen LogP contribution is -2.48. The molecule has 0 spiro atoms. The van der Waals surface area contributed by atoms with E-state index in [0.29, 0.717) is 46.8 Å². The molecule has 4 aromatic rings. The van der Waals surface area contributed by atoms with Gasteiger partial charge in [0, 0.05) is 24.1 Å². The van der Waals surface area contributed by atoms with Crippen LogP contribution in [0.15, 0.2) is 66.7 Å². The van der Waals surface area contributed by atoms with Crippen molar-refractivity contribution in [3.05, 3.63) is 89.2 Å². The van der Waals surface area contributed by atoms with Gasteiger partial charge in [0.1, 0.15) is 17.7 Å². The lowest BCUT2D eigenvalue weighted by molar-refractivity contribution is 0.0811. The first-order valence-electron chi connectivity index (χ1n) is 12.7. The Balaban J connectivity index is 0.00000112. The van der Waals surface area contributed by atoms with Crippen LogP contribution in [0, 0.1) is 30.5 Å². The third-order valence-corrected chi connectivity index (χ3v) is 6.57. The van der Waals surface area contributed by atoms with Gasteiger partial charge in [0.25, 0.3) is 0 Å². The van der Waals surface area contributed by atoms with Crippen LogP contribution in [-0.4, -0.2) is 40.6 Å². The first kappa shape index (κ1) is 27.8. The molecule has 8 heteroatoms. The third-order valence-electron chi connectivity index (χ3n) is 6.57. The largest absolute Gasteiger partial charge is 0.487 e. The number of benzene rings is 3. The van der Waals surface area contributed by atoms with Crippen LogP contribution in [0.5, 0.6) is 5.75 Å². The van der Waals surface area contributed by atoms with Crippen LogP contribution >= 0.6 is 0 Å². The smallest absolute Gasteiger partial charge is 0.209 e. The van der Waals surface area contributed by atoms with Crippen LogP contribution < -0.4 is 9.64 Å². The normalized spacial score (nSPS) is 17.6. The van der Waals surface area contributed by atoms with Crippen LogP contribution in [0.4, 0.5) is 19.1 Å². The Kier molecular flexibility index (Phi) is 8.60. The van der Waals surface area contributed by atoms with Crippen molar-refractivity contribution in [3.8, 4) is 18.1 Å². The predicted octanol–water partition coefficient (Wildman–Crippen LogP) is 7.02. The number of nitrogens with one attached hydrogen (secondary N) is 1. The van der Waals surface area contributed by atoms with Gasteiger partial charge in [-0.1, -0.05) is 24.3 Å². The first-order valence-corrected chi connectivity index (χ1v) is 12.7. The summed E-state index contributed by atoms with van der Waals surface area (Å²) in [7, 11) is 0. The van der Waals surface area contributed by atoms with Crippen LogP contribution in [0.25, 0.3) is 11.0 Å². The maximum absolute atomic E-state index is 15.3. The number of para-hydroxylation sites is 2. The van der Waals surface area contributed by atoms with Crippen molar-refractivity contribution in [1.29, 1.82) is 5.41 Å². The molecule has 1 aliphatic rings. The van der Waals surface area contributed by atoms with Gasteiger partial charge in [-0.05, 0) is 68.8 Å². The number of nitrogens with zero attached hydrogens (tertiary/aromatic N) is 3. The Morgan fingerprint density at radius 2 is 1.90 bits per heavy atom. The highest BCUT2D eigenvalue weighted by atomic mass is 19.1. The van der Waals surface area contributed by atoms with Gasteiger partial charge in [-0.3, -0.25) is 9.98 Å². The van der Waals surface area contributed by atoms with Crippen molar-refractivity contribution in [1.82, 2.24) is 9.55 Å². The summed E-state index contributed by atoms with van der Waals surface area (Å²) in [6, 6.07) is 18.5. The highest BCUT2D eigenvalue weighted by Crippen LogP contribution is 2.31. The highest BCUT2D eigenvalue weighted by molar-refractivity contribution is 6.11. The molecule has 1 fully saturated rings. The van der Waals surface area contributed by atoms with E-state index in [1.807, 2.05) is 31.2 Å². The molecule has 0 amide bonds. The number of halogens is 3. The molecule has 5 nitrogen and oxygen atoms in total. The summed E-state index contributed by atoms with van der Waals surface area (Å²) in [4.78, 5) is 6.34. The average Bonchev–Trinajstić information content (AvgIpc) is 3.30. The average molecular weight is 533 g/mol. The number of alkyl halides is 2. The van der Waals surface area contributed by atoms with Crippen molar-refractivity contribution in [2.24, 2.45) is 0 Å². The summed E-state index contributed by atoms with van der Waals surface area (Å²) in [5, 5.41) is 8.45. The molecule has 2 heterocycles. The third kappa shape index (κ3) is 6.09. The summed E-state index contributed by atoms with van der Waals surface area (Å²) < 4.78 is 50.8. The van der Waals surface area contributed by atoms with E-state index in [1.54, 1.807) is 42.2 Å². The zero-order valence-electron chi connectivity index (χ0n) is 22.2. The Morgan fingerprint density at radius 3 is 2.56 bits per heavy atom. The van der Waals surface area contributed by atoms with E-state index in [1.165, 1.54) is 23.6 Å². The van der Waals surface area contributed by atoms with Crippen molar-refractivity contribution in [3.63, 3.8) is 0 Å².